The molecular weight excluding hydrogens is 422 g/mol. The molecule has 0 aliphatic heterocycles. The average molecular weight is 454 g/mol. The number of anilines is 2. The third kappa shape index (κ3) is 3.54. The van der Waals surface area contributed by atoms with E-state index in [1.807, 2.05) is 0 Å². The van der Waals surface area contributed by atoms with E-state index in [-0.39, 0.29) is 5.41 Å². The molecule has 5 aromatic carbocycles. The summed E-state index contributed by atoms with van der Waals surface area (Å²) in [5, 5.41) is 2.57. The second-order valence-corrected chi connectivity index (χ2v) is 10.5. The van der Waals surface area contributed by atoms with Crippen molar-refractivity contribution in [1.82, 2.24) is 0 Å². The van der Waals surface area contributed by atoms with E-state index in [2.05, 4.69) is 142 Å². The predicted molar refractivity (Wildman–Crippen MR) is 151 cm³/mol. The second-order valence-electron chi connectivity index (χ2n) is 10.5. The lowest BCUT2D eigenvalue weighted by atomic mass is 9.81. The summed E-state index contributed by atoms with van der Waals surface area (Å²) >= 11 is 0. The molecule has 0 spiro atoms. The first kappa shape index (κ1) is 21.7. The van der Waals surface area contributed by atoms with Gasteiger partial charge in [-0.3, -0.25) is 0 Å². The largest absolute Gasteiger partial charge is 0.339 e. The van der Waals surface area contributed by atoms with Crippen molar-refractivity contribution in [2.75, 3.05) is 4.90 Å². The van der Waals surface area contributed by atoms with Gasteiger partial charge in [0.05, 0.1) is 0 Å². The molecule has 0 saturated carbocycles. The summed E-state index contributed by atoms with van der Waals surface area (Å²) < 4.78 is 0. The van der Waals surface area contributed by atoms with Gasteiger partial charge in [-0.15, -0.1) is 0 Å². The van der Waals surface area contributed by atoms with E-state index in [1.165, 1.54) is 55.5 Å². The van der Waals surface area contributed by atoms with E-state index in [1.54, 1.807) is 0 Å². The minimum Gasteiger partial charge on any atom is -0.339 e. The fourth-order valence-corrected chi connectivity index (χ4v) is 5.76. The molecule has 0 aromatic heterocycles. The number of benzene rings is 5. The topological polar surface area (TPSA) is 3.24 Å². The van der Waals surface area contributed by atoms with Gasteiger partial charge in [0.2, 0.25) is 0 Å². The number of fused-ring (bicyclic) bond motifs is 4. The van der Waals surface area contributed by atoms with Crippen LogP contribution in [0.25, 0.3) is 33.0 Å². The Balaban J connectivity index is 1.43. The molecule has 0 fully saturated rings. The van der Waals surface area contributed by atoms with E-state index in [0.29, 0.717) is 6.04 Å². The maximum atomic E-state index is 2.43. The van der Waals surface area contributed by atoms with Crippen LogP contribution in [-0.2, 0) is 5.41 Å². The lowest BCUT2D eigenvalue weighted by Gasteiger charge is -2.31. The van der Waals surface area contributed by atoms with Crippen molar-refractivity contribution in [3.8, 4) is 22.3 Å². The molecule has 172 valence electrons. The monoisotopic (exact) mass is 453 g/mol. The van der Waals surface area contributed by atoms with Crippen LogP contribution >= 0.6 is 0 Å². The van der Waals surface area contributed by atoms with E-state index < -0.39 is 0 Å². The van der Waals surface area contributed by atoms with Gasteiger partial charge in [-0.2, -0.15) is 0 Å². The maximum absolute atomic E-state index is 2.43. The first-order valence-electron chi connectivity index (χ1n) is 12.6. The normalized spacial score (nSPS) is 13.6. The van der Waals surface area contributed by atoms with Crippen LogP contribution in [0.2, 0.25) is 0 Å². The molecule has 0 radical (unpaired) electrons. The molecule has 1 aliphatic rings. The van der Waals surface area contributed by atoms with Gasteiger partial charge in [-0.05, 0) is 94.4 Å². The Morgan fingerprint density at radius 1 is 0.543 bits per heavy atom. The van der Waals surface area contributed by atoms with Crippen molar-refractivity contribution in [3.63, 3.8) is 0 Å². The third-order valence-electron chi connectivity index (χ3n) is 7.57. The standard InChI is InChI=1S/C34H31N/c1-23(2)35(28-12-6-5-7-13-28)29-17-19-31-30-18-16-27(21-32(30)34(3,4)33(31)22-29)26-15-14-24-10-8-9-11-25(24)20-26/h5-23H,1-4H3. The van der Waals surface area contributed by atoms with Crippen molar-refractivity contribution in [2.45, 2.75) is 39.2 Å². The Labute approximate surface area is 208 Å². The van der Waals surface area contributed by atoms with E-state index in [4.69, 9.17) is 0 Å². The predicted octanol–water partition coefficient (Wildman–Crippen LogP) is 9.36. The highest BCUT2D eigenvalue weighted by Crippen LogP contribution is 2.51. The minimum atomic E-state index is -0.0626. The number of hydrogen-bond donors (Lipinski definition) is 0. The Bertz CT molecular complexity index is 1540. The molecule has 1 heteroatoms. The van der Waals surface area contributed by atoms with Crippen molar-refractivity contribution in [3.05, 3.63) is 120 Å². The van der Waals surface area contributed by atoms with Crippen LogP contribution in [0.1, 0.15) is 38.8 Å². The molecular formula is C34H31N. The Morgan fingerprint density at radius 3 is 1.89 bits per heavy atom. The van der Waals surface area contributed by atoms with Gasteiger partial charge >= 0.3 is 0 Å². The average Bonchev–Trinajstić information content (AvgIpc) is 3.10. The molecule has 0 bridgehead atoms. The summed E-state index contributed by atoms with van der Waals surface area (Å²) in [7, 11) is 0. The third-order valence-corrected chi connectivity index (χ3v) is 7.57. The van der Waals surface area contributed by atoms with Crippen LogP contribution in [-0.4, -0.2) is 6.04 Å². The first-order valence-corrected chi connectivity index (χ1v) is 12.6. The summed E-state index contributed by atoms with van der Waals surface area (Å²) in [5.74, 6) is 0. The van der Waals surface area contributed by atoms with Crippen molar-refractivity contribution in [2.24, 2.45) is 0 Å². The fraction of sp³-hybridized carbons (Fsp3) is 0.176. The molecule has 6 rings (SSSR count). The van der Waals surface area contributed by atoms with Crippen molar-refractivity contribution >= 4 is 22.1 Å². The van der Waals surface area contributed by atoms with Crippen LogP contribution in [0.15, 0.2) is 109 Å². The molecule has 0 unspecified atom stereocenters. The van der Waals surface area contributed by atoms with E-state index in [9.17, 15) is 0 Å². The summed E-state index contributed by atoms with van der Waals surface area (Å²) in [6.07, 6.45) is 0. The van der Waals surface area contributed by atoms with Gasteiger partial charge < -0.3 is 4.90 Å². The van der Waals surface area contributed by atoms with Crippen LogP contribution in [0, 0.1) is 0 Å². The molecule has 35 heavy (non-hydrogen) atoms. The number of hydrogen-bond acceptors (Lipinski definition) is 1. The molecule has 0 saturated heterocycles. The highest BCUT2D eigenvalue weighted by molar-refractivity contribution is 5.89. The highest BCUT2D eigenvalue weighted by atomic mass is 15.2. The van der Waals surface area contributed by atoms with Crippen molar-refractivity contribution in [1.29, 1.82) is 0 Å². The lowest BCUT2D eigenvalue weighted by Crippen LogP contribution is -2.26. The summed E-state index contributed by atoms with van der Waals surface area (Å²) in [4.78, 5) is 2.43. The van der Waals surface area contributed by atoms with Crippen LogP contribution in [0.4, 0.5) is 11.4 Å². The zero-order valence-corrected chi connectivity index (χ0v) is 20.9. The summed E-state index contributed by atoms with van der Waals surface area (Å²) in [6.45, 7) is 9.26. The van der Waals surface area contributed by atoms with Gasteiger partial charge in [0.1, 0.15) is 0 Å². The zero-order chi connectivity index (χ0) is 24.2. The highest BCUT2D eigenvalue weighted by Gasteiger charge is 2.36. The van der Waals surface area contributed by atoms with Crippen LogP contribution in [0.5, 0.6) is 0 Å². The van der Waals surface area contributed by atoms with Gasteiger partial charge in [-0.1, -0.05) is 86.6 Å². The lowest BCUT2D eigenvalue weighted by molar-refractivity contribution is 0.659. The molecule has 0 heterocycles. The summed E-state index contributed by atoms with van der Waals surface area (Å²) in [5.41, 5.74) is 10.5. The summed E-state index contributed by atoms with van der Waals surface area (Å²) in [6, 6.07) is 40.5. The van der Waals surface area contributed by atoms with Gasteiger partial charge in [0.15, 0.2) is 0 Å². The number of rotatable bonds is 4. The van der Waals surface area contributed by atoms with E-state index >= 15 is 0 Å². The molecule has 0 N–H and O–H groups in total. The quantitative estimate of drug-likeness (QED) is 0.262. The zero-order valence-electron chi connectivity index (χ0n) is 20.9. The Kier molecular flexibility index (Phi) is 5.04. The second kappa shape index (κ2) is 8.13. The Morgan fingerprint density at radius 2 is 1.14 bits per heavy atom. The molecule has 0 atom stereocenters. The van der Waals surface area contributed by atoms with Crippen LogP contribution in [0.3, 0.4) is 0 Å². The maximum Gasteiger partial charge on any atom is 0.0416 e. The first-order chi connectivity index (χ1) is 16.9. The minimum absolute atomic E-state index is 0.0626. The molecule has 5 aromatic rings. The number of nitrogens with zero attached hydrogens (tertiary/aromatic N) is 1. The molecule has 0 amide bonds. The Hall–Kier alpha value is -3.84. The van der Waals surface area contributed by atoms with Crippen molar-refractivity contribution < 1.29 is 0 Å². The molecule has 1 nitrogen and oxygen atoms in total. The van der Waals surface area contributed by atoms with Crippen LogP contribution < -0.4 is 4.90 Å². The SMILES string of the molecule is CC(C)N(c1ccccc1)c1ccc2c(c1)C(C)(C)c1cc(-c3ccc4ccccc4c3)ccc1-2. The fourth-order valence-electron chi connectivity index (χ4n) is 5.76. The smallest absolute Gasteiger partial charge is 0.0416 e. The number of para-hydroxylation sites is 1. The van der Waals surface area contributed by atoms with Gasteiger partial charge in [0, 0.05) is 22.8 Å². The van der Waals surface area contributed by atoms with Gasteiger partial charge in [0.25, 0.3) is 0 Å². The molecule has 1 aliphatic carbocycles. The van der Waals surface area contributed by atoms with E-state index in [0.717, 1.165) is 0 Å². The van der Waals surface area contributed by atoms with Gasteiger partial charge in [-0.25, -0.2) is 0 Å².